The van der Waals surface area contributed by atoms with Crippen LogP contribution in [-0.4, -0.2) is 0 Å². The fourth-order valence-corrected chi connectivity index (χ4v) is 3.22. The van der Waals surface area contributed by atoms with Crippen molar-refractivity contribution < 1.29 is 8.78 Å². The number of halogens is 5. The summed E-state index contributed by atoms with van der Waals surface area (Å²) in [5.74, 6) is -1.33. The Labute approximate surface area is 122 Å². The Balaban J connectivity index is 2.45. The molecule has 1 aromatic carbocycles. The largest absolute Gasteiger partial charge is 0.207 e. The lowest BCUT2D eigenvalue weighted by Gasteiger charge is -2.09. The molecular weight excluding hydrogens is 321 g/mol. The molecule has 96 valence electrons. The SMILES string of the molecule is Cc1cc(C(Cl)c2cc(F)c(Cl)cc2F)sc1Cl. The molecule has 1 heterocycles. The van der Waals surface area contributed by atoms with Crippen LogP contribution in [0.3, 0.4) is 0 Å². The molecule has 1 atom stereocenters. The molecule has 1 aromatic heterocycles. The van der Waals surface area contributed by atoms with Gasteiger partial charge in [0.2, 0.25) is 0 Å². The molecule has 0 saturated heterocycles. The van der Waals surface area contributed by atoms with Crippen LogP contribution in [0.4, 0.5) is 8.78 Å². The second-order valence-electron chi connectivity index (χ2n) is 3.76. The molecule has 0 spiro atoms. The summed E-state index contributed by atoms with van der Waals surface area (Å²) in [6.07, 6.45) is 0. The van der Waals surface area contributed by atoms with Gasteiger partial charge < -0.3 is 0 Å². The Morgan fingerprint density at radius 1 is 1.11 bits per heavy atom. The minimum absolute atomic E-state index is 0.0523. The molecule has 0 N–H and O–H groups in total. The van der Waals surface area contributed by atoms with Crippen LogP contribution in [-0.2, 0) is 0 Å². The summed E-state index contributed by atoms with van der Waals surface area (Å²) < 4.78 is 27.6. The quantitative estimate of drug-likeness (QED) is 0.471. The van der Waals surface area contributed by atoms with Crippen molar-refractivity contribution in [3.05, 3.63) is 55.2 Å². The lowest BCUT2D eigenvalue weighted by Crippen LogP contribution is -1.97. The van der Waals surface area contributed by atoms with Crippen molar-refractivity contribution in [2.45, 2.75) is 12.3 Å². The summed E-state index contributed by atoms with van der Waals surface area (Å²) in [4.78, 5) is 0.666. The van der Waals surface area contributed by atoms with E-state index in [-0.39, 0.29) is 10.6 Å². The summed E-state index contributed by atoms with van der Waals surface area (Å²) in [7, 11) is 0. The third-order valence-electron chi connectivity index (χ3n) is 2.44. The Hall–Kier alpha value is -0.350. The fraction of sp³-hybridized carbons (Fsp3) is 0.167. The number of hydrogen-bond acceptors (Lipinski definition) is 1. The van der Waals surface area contributed by atoms with Crippen LogP contribution in [0.5, 0.6) is 0 Å². The van der Waals surface area contributed by atoms with Crippen LogP contribution in [0.1, 0.15) is 21.4 Å². The second-order valence-corrected chi connectivity index (χ2v) is 6.29. The molecule has 0 fully saturated rings. The van der Waals surface area contributed by atoms with Crippen molar-refractivity contribution in [3.8, 4) is 0 Å². The van der Waals surface area contributed by atoms with E-state index in [1.807, 2.05) is 6.92 Å². The van der Waals surface area contributed by atoms with E-state index in [1.54, 1.807) is 6.07 Å². The van der Waals surface area contributed by atoms with Crippen molar-refractivity contribution in [1.82, 2.24) is 0 Å². The van der Waals surface area contributed by atoms with E-state index in [9.17, 15) is 8.78 Å². The molecular formula is C12H7Cl3F2S. The smallest absolute Gasteiger partial charge is 0.142 e. The normalized spacial score (nSPS) is 12.8. The Bertz CT molecular complexity index is 576. The van der Waals surface area contributed by atoms with Gasteiger partial charge in [-0.1, -0.05) is 23.2 Å². The Kier molecular flexibility index (Phi) is 4.17. The predicted octanol–water partition coefficient (Wildman–Crippen LogP) is 5.97. The zero-order valence-corrected chi connectivity index (χ0v) is 12.2. The molecule has 2 rings (SSSR count). The maximum Gasteiger partial charge on any atom is 0.142 e. The van der Waals surface area contributed by atoms with Gasteiger partial charge in [-0.3, -0.25) is 0 Å². The predicted molar refractivity (Wildman–Crippen MR) is 73.1 cm³/mol. The Morgan fingerprint density at radius 3 is 2.33 bits per heavy atom. The van der Waals surface area contributed by atoms with Crippen LogP contribution in [0, 0.1) is 18.6 Å². The molecule has 0 nitrogen and oxygen atoms in total. The Morgan fingerprint density at radius 2 is 1.78 bits per heavy atom. The number of thiophene rings is 1. The van der Waals surface area contributed by atoms with Gasteiger partial charge in [0.15, 0.2) is 0 Å². The average molecular weight is 328 g/mol. The first-order valence-electron chi connectivity index (χ1n) is 4.94. The highest BCUT2D eigenvalue weighted by Gasteiger charge is 2.20. The number of alkyl halides is 1. The molecule has 0 amide bonds. The van der Waals surface area contributed by atoms with Gasteiger partial charge in [0, 0.05) is 10.4 Å². The lowest BCUT2D eigenvalue weighted by atomic mass is 10.1. The van der Waals surface area contributed by atoms with E-state index in [0.29, 0.717) is 9.21 Å². The highest BCUT2D eigenvalue weighted by Crippen LogP contribution is 2.39. The average Bonchev–Trinajstić information content (AvgIpc) is 2.63. The monoisotopic (exact) mass is 326 g/mol. The molecule has 1 unspecified atom stereocenters. The van der Waals surface area contributed by atoms with E-state index in [2.05, 4.69) is 0 Å². The number of hydrogen-bond donors (Lipinski definition) is 0. The summed E-state index contributed by atoms with van der Waals surface area (Å²) in [5.41, 5.74) is 0.911. The first-order chi connectivity index (χ1) is 8.40. The number of benzene rings is 1. The van der Waals surface area contributed by atoms with Crippen LogP contribution in [0.15, 0.2) is 18.2 Å². The van der Waals surface area contributed by atoms with E-state index < -0.39 is 17.0 Å². The molecule has 0 aliphatic heterocycles. The minimum Gasteiger partial charge on any atom is -0.207 e. The first kappa shape index (κ1) is 14.1. The van der Waals surface area contributed by atoms with Gasteiger partial charge in [-0.15, -0.1) is 22.9 Å². The van der Waals surface area contributed by atoms with Crippen LogP contribution in [0.25, 0.3) is 0 Å². The van der Waals surface area contributed by atoms with E-state index in [0.717, 1.165) is 17.7 Å². The van der Waals surface area contributed by atoms with Crippen molar-refractivity contribution in [3.63, 3.8) is 0 Å². The van der Waals surface area contributed by atoms with Crippen LogP contribution < -0.4 is 0 Å². The van der Waals surface area contributed by atoms with E-state index in [1.165, 1.54) is 11.3 Å². The van der Waals surface area contributed by atoms with Gasteiger partial charge in [-0.05, 0) is 30.7 Å². The van der Waals surface area contributed by atoms with E-state index in [4.69, 9.17) is 34.8 Å². The molecule has 0 aliphatic carbocycles. The standard InChI is InChI=1S/C12H7Cl3F2S/c1-5-2-10(18-12(5)15)11(14)6-3-9(17)7(13)4-8(6)16/h2-4,11H,1H3. The van der Waals surface area contributed by atoms with Crippen molar-refractivity contribution in [1.29, 1.82) is 0 Å². The number of rotatable bonds is 2. The van der Waals surface area contributed by atoms with Crippen LogP contribution >= 0.6 is 46.1 Å². The molecule has 2 aromatic rings. The maximum absolute atomic E-state index is 13.7. The summed E-state index contributed by atoms with van der Waals surface area (Å²) in [6, 6.07) is 3.69. The highest BCUT2D eigenvalue weighted by atomic mass is 35.5. The molecule has 0 bridgehead atoms. The highest BCUT2D eigenvalue weighted by molar-refractivity contribution is 7.16. The van der Waals surface area contributed by atoms with E-state index >= 15 is 0 Å². The fourth-order valence-electron chi connectivity index (χ4n) is 1.49. The lowest BCUT2D eigenvalue weighted by molar-refractivity contribution is 0.588. The number of aryl methyl sites for hydroxylation is 1. The maximum atomic E-state index is 13.7. The van der Waals surface area contributed by atoms with Gasteiger partial charge in [0.25, 0.3) is 0 Å². The molecule has 0 radical (unpaired) electrons. The summed E-state index contributed by atoms with van der Waals surface area (Å²) in [5, 5.41) is -1.05. The molecule has 0 aliphatic rings. The molecule has 18 heavy (non-hydrogen) atoms. The van der Waals surface area contributed by atoms with Crippen molar-refractivity contribution >= 4 is 46.1 Å². The third-order valence-corrected chi connectivity index (χ3v) is 4.95. The van der Waals surface area contributed by atoms with Crippen LogP contribution in [0.2, 0.25) is 9.36 Å². The van der Waals surface area contributed by atoms with Crippen molar-refractivity contribution in [2.24, 2.45) is 0 Å². The third kappa shape index (κ3) is 2.64. The summed E-state index contributed by atoms with van der Waals surface area (Å²) >= 11 is 18.8. The van der Waals surface area contributed by atoms with Gasteiger partial charge in [-0.2, -0.15) is 0 Å². The summed E-state index contributed by atoms with van der Waals surface area (Å²) in [6.45, 7) is 1.82. The van der Waals surface area contributed by atoms with Gasteiger partial charge in [-0.25, -0.2) is 8.78 Å². The topological polar surface area (TPSA) is 0 Å². The van der Waals surface area contributed by atoms with Gasteiger partial charge in [0.05, 0.1) is 14.7 Å². The van der Waals surface area contributed by atoms with Gasteiger partial charge in [0.1, 0.15) is 11.6 Å². The second kappa shape index (κ2) is 5.33. The minimum atomic E-state index is -0.784. The zero-order chi connectivity index (χ0) is 13.4. The zero-order valence-electron chi connectivity index (χ0n) is 9.11. The molecule has 0 saturated carbocycles. The molecule has 6 heteroatoms. The first-order valence-corrected chi connectivity index (χ1v) is 6.95. The van der Waals surface area contributed by atoms with Gasteiger partial charge >= 0.3 is 0 Å². The van der Waals surface area contributed by atoms with Crippen molar-refractivity contribution in [2.75, 3.05) is 0 Å².